The second-order valence-electron chi connectivity index (χ2n) is 6.93. The first-order valence-electron chi connectivity index (χ1n) is 8.28. The Morgan fingerprint density at radius 3 is 2.27 bits per heavy atom. The number of likely N-dealkylation sites (tertiary alicyclic amines) is 1. The summed E-state index contributed by atoms with van der Waals surface area (Å²) < 4.78 is 0. The largest absolute Gasteiger partial charge is 0.481 e. The van der Waals surface area contributed by atoms with Crippen LogP contribution in [0.15, 0.2) is 24.3 Å². The quantitative estimate of drug-likeness (QED) is 0.929. The van der Waals surface area contributed by atoms with Gasteiger partial charge in [0, 0.05) is 18.8 Å². The van der Waals surface area contributed by atoms with Crippen molar-refractivity contribution in [1.82, 2.24) is 4.90 Å². The van der Waals surface area contributed by atoms with Crippen LogP contribution >= 0.6 is 0 Å². The normalized spacial score (nSPS) is 22.1. The van der Waals surface area contributed by atoms with Crippen LogP contribution in [-0.2, 0) is 10.2 Å². The van der Waals surface area contributed by atoms with Crippen molar-refractivity contribution in [3.63, 3.8) is 0 Å². The van der Waals surface area contributed by atoms with Crippen LogP contribution in [0.5, 0.6) is 0 Å². The number of rotatable bonds is 4. The van der Waals surface area contributed by atoms with E-state index in [-0.39, 0.29) is 0 Å². The highest BCUT2D eigenvalue weighted by Gasteiger charge is 2.45. The zero-order valence-electron chi connectivity index (χ0n) is 13.6. The average Bonchev–Trinajstić information content (AvgIpc) is 2.46. The van der Waals surface area contributed by atoms with Gasteiger partial charge in [0.2, 0.25) is 0 Å². The number of hydrogen-bond acceptors (Lipinski definition) is 3. The van der Waals surface area contributed by atoms with Gasteiger partial charge in [-0.1, -0.05) is 18.6 Å². The molecule has 3 rings (SSSR count). The minimum Gasteiger partial charge on any atom is -0.481 e. The lowest BCUT2D eigenvalue weighted by atomic mass is 9.64. The number of hydrogen-bond donors (Lipinski definition) is 1. The third-order valence-electron chi connectivity index (χ3n) is 5.68. The zero-order chi connectivity index (χ0) is 15.7. The van der Waals surface area contributed by atoms with Gasteiger partial charge in [0.1, 0.15) is 0 Å². The van der Waals surface area contributed by atoms with Gasteiger partial charge < -0.3 is 14.9 Å². The van der Waals surface area contributed by atoms with E-state index in [0.29, 0.717) is 6.04 Å². The van der Waals surface area contributed by atoms with Crippen molar-refractivity contribution in [2.75, 3.05) is 32.1 Å². The molecule has 0 spiro atoms. The van der Waals surface area contributed by atoms with Crippen molar-refractivity contribution in [3.8, 4) is 0 Å². The molecule has 2 fully saturated rings. The summed E-state index contributed by atoms with van der Waals surface area (Å²) in [7, 11) is 4.33. The molecule has 1 N–H and O–H groups in total. The molecule has 0 radical (unpaired) electrons. The minimum atomic E-state index is -0.671. The summed E-state index contributed by atoms with van der Waals surface area (Å²) in [4.78, 5) is 16.3. The molecule has 2 aliphatic rings. The van der Waals surface area contributed by atoms with Crippen molar-refractivity contribution in [2.45, 2.75) is 43.6 Å². The molecule has 1 saturated carbocycles. The Labute approximate surface area is 132 Å². The summed E-state index contributed by atoms with van der Waals surface area (Å²) in [6, 6.07) is 8.81. The van der Waals surface area contributed by atoms with Gasteiger partial charge in [0.25, 0.3) is 0 Å². The van der Waals surface area contributed by atoms with Crippen molar-refractivity contribution in [2.24, 2.45) is 0 Å². The van der Waals surface area contributed by atoms with Crippen LogP contribution in [0.25, 0.3) is 0 Å². The van der Waals surface area contributed by atoms with Gasteiger partial charge in [-0.25, -0.2) is 0 Å². The van der Waals surface area contributed by atoms with Crippen LogP contribution in [0.2, 0.25) is 0 Å². The van der Waals surface area contributed by atoms with E-state index in [2.05, 4.69) is 36.0 Å². The van der Waals surface area contributed by atoms with E-state index in [1.165, 1.54) is 18.5 Å². The lowest BCUT2D eigenvalue weighted by Gasteiger charge is -2.39. The summed E-state index contributed by atoms with van der Waals surface area (Å²) in [6.07, 6.45) is 4.93. The third-order valence-corrected chi connectivity index (χ3v) is 5.68. The van der Waals surface area contributed by atoms with Gasteiger partial charge in [0.15, 0.2) is 0 Å². The maximum Gasteiger partial charge on any atom is 0.314 e. The molecule has 0 atom stereocenters. The summed E-state index contributed by atoms with van der Waals surface area (Å²) in [5.41, 5.74) is 1.54. The summed E-state index contributed by atoms with van der Waals surface area (Å²) in [5.74, 6) is -0.671. The second-order valence-corrected chi connectivity index (χ2v) is 6.93. The number of carboxylic acid groups (broad SMARTS) is 1. The van der Waals surface area contributed by atoms with Gasteiger partial charge in [-0.15, -0.1) is 0 Å². The summed E-state index contributed by atoms with van der Waals surface area (Å²) in [5, 5.41) is 9.53. The number of carbonyl (C=O) groups is 1. The minimum absolute atomic E-state index is 0.583. The van der Waals surface area contributed by atoms with Crippen molar-refractivity contribution in [3.05, 3.63) is 29.8 Å². The Kier molecular flexibility index (Phi) is 4.13. The SMILES string of the molecule is CN1CCC(N(C)c2ccc(C3(C(=O)O)CCC3)cc2)CC1. The molecule has 120 valence electrons. The molecule has 0 bridgehead atoms. The Morgan fingerprint density at radius 2 is 1.82 bits per heavy atom. The van der Waals surface area contributed by atoms with E-state index in [1.54, 1.807) is 0 Å². The van der Waals surface area contributed by atoms with E-state index < -0.39 is 11.4 Å². The number of nitrogens with zero attached hydrogens (tertiary/aromatic N) is 2. The number of aliphatic carboxylic acids is 1. The molecule has 1 saturated heterocycles. The predicted molar refractivity (Wildman–Crippen MR) is 88.5 cm³/mol. The molecule has 1 aliphatic heterocycles. The Bertz CT molecular complexity index is 529. The van der Waals surface area contributed by atoms with Crippen LogP contribution in [0.3, 0.4) is 0 Å². The van der Waals surface area contributed by atoms with Gasteiger partial charge in [-0.05, 0) is 63.5 Å². The van der Waals surface area contributed by atoms with E-state index >= 15 is 0 Å². The molecule has 0 aromatic heterocycles. The second kappa shape index (κ2) is 5.92. The smallest absolute Gasteiger partial charge is 0.314 e. The highest BCUT2D eigenvalue weighted by molar-refractivity contribution is 5.82. The highest BCUT2D eigenvalue weighted by Crippen LogP contribution is 2.44. The van der Waals surface area contributed by atoms with Gasteiger partial charge >= 0.3 is 5.97 Å². The fourth-order valence-electron chi connectivity index (χ4n) is 3.77. The molecule has 0 unspecified atom stereocenters. The van der Waals surface area contributed by atoms with Crippen LogP contribution in [-0.4, -0.2) is 49.2 Å². The molecule has 4 nitrogen and oxygen atoms in total. The van der Waals surface area contributed by atoms with Crippen LogP contribution in [0.4, 0.5) is 5.69 Å². The summed E-state index contributed by atoms with van der Waals surface area (Å²) >= 11 is 0. The first-order chi connectivity index (χ1) is 10.5. The zero-order valence-corrected chi connectivity index (χ0v) is 13.6. The first kappa shape index (κ1) is 15.3. The number of benzene rings is 1. The molecule has 1 aromatic carbocycles. The molecule has 22 heavy (non-hydrogen) atoms. The lowest BCUT2D eigenvalue weighted by Crippen LogP contribution is -2.43. The molecule has 0 amide bonds. The van der Waals surface area contributed by atoms with Crippen molar-refractivity contribution in [1.29, 1.82) is 0 Å². The number of anilines is 1. The predicted octanol–water partition coefficient (Wildman–Crippen LogP) is 2.72. The Balaban J connectivity index is 1.72. The summed E-state index contributed by atoms with van der Waals surface area (Å²) in [6.45, 7) is 2.30. The van der Waals surface area contributed by atoms with Crippen LogP contribution in [0, 0.1) is 0 Å². The maximum atomic E-state index is 11.6. The van der Waals surface area contributed by atoms with E-state index in [4.69, 9.17) is 0 Å². The molecular formula is C18H26N2O2. The number of piperidine rings is 1. The van der Waals surface area contributed by atoms with Crippen LogP contribution in [0.1, 0.15) is 37.7 Å². The third kappa shape index (κ3) is 2.60. The van der Waals surface area contributed by atoms with Gasteiger partial charge in [0.05, 0.1) is 5.41 Å². The number of carboxylic acids is 1. The molecule has 1 aliphatic carbocycles. The topological polar surface area (TPSA) is 43.8 Å². The fourth-order valence-corrected chi connectivity index (χ4v) is 3.77. The van der Waals surface area contributed by atoms with Gasteiger partial charge in [-0.3, -0.25) is 4.79 Å². The molecule has 1 heterocycles. The standard InChI is InChI=1S/C18H26N2O2/c1-19-12-8-16(9-13-19)20(2)15-6-4-14(5-7-15)18(17(21)22)10-3-11-18/h4-7,16H,3,8-13H2,1-2H3,(H,21,22). The fraction of sp³-hybridized carbons (Fsp3) is 0.611. The van der Waals surface area contributed by atoms with Crippen molar-refractivity contribution < 1.29 is 9.90 Å². The maximum absolute atomic E-state index is 11.6. The van der Waals surface area contributed by atoms with Crippen molar-refractivity contribution >= 4 is 11.7 Å². The average molecular weight is 302 g/mol. The Hall–Kier alpha value is -1.55. The van der Waals surface area contributed by atoms with Crippen LogP contribution < -0.4 is 4.90 Å². The highest BCUT2D eigenvalue weighted by atomic mass is 16.4. The van der Waals surface area contributed by atoms with E-state index in [0.717, 1.165) is 37.9 Å². The lowest BCUT2D eigenvalue weighted by molar-refractivity contribution is -0.147. The monoisotopic (exact) mass is 302 g/mol. The first-order valence-corrected chi connectivity index (χ1v) is 8.28. The van der Waals surface area contributed by atoms with E-state index in [9.17, 15) is 9.90 Å². The molecular weight excluding hydrogens is 276 g/mol. The molecule has 1 aromatic rings. The van der Waals surface area contributed by atoms with E-state index in [1.807, 2.05) is 12.1 Å². The molecule has 4 heteroatoms. The van der Waals surface area contributed by atoms with Gasteiger partial charge in [-0.2, -0.15) is 0 Å². The Morgan fingerprint density at radius 1 is 1.23 bits per heavy atom.